The molecule has 0 radical (unpaired) electrons. The van der Waals surface area contributed by atoms with Crippen LogP contribution in [0, 0.1) is 18.3 Å². The summed E-state index contributed by atoms with van der Waals surface area (Å²) >= 11 is 3.37. The Morgan fingerprint density at radius 1 is 1.36 bits per heavy atom. The Morgan fingerprint density at radius 2 is 2.00 bits per heavy atom. The minimum Gasteiger partial charge on any atom is -0.491 e. The minimum atomic E-state index is -0.468. The lowest BCUT2D eigenvalue weighted by Gasteiger charge is -2.50. The van der Waals surface area contributed by atoms with Crippen molar-refractivity contribution < 1.29 is 14.3 Å². The molecule has 1 amide bonds. The number of rotatable bonds is 5. The summed E-state index contributed by atoms with van der Waals surface area (Å²) in [6.45, 7) is 13.9. The first-order chi connectivity index (χ1) is 11.5. The highest BCUT2D eigenvalue weighted by atomic mass is 79.9. The van der Waals surface area contributed by atoms with Gasteiger partial charge in [-0.05, 0) is 68.1 Å². The van der Waals surface area contributed by atoms with Crippen LogP contribution in [0.1, 0.15) is 46.7 Å². The average Bonchev–Trinajstić information content (AvgIpc) is 2.40. The molecular formula is C19H29BrN2O3. The molecule has 2 heterocycles. The molecule has 0 aromatic carbocycles. The van der Waals surface area contributed by atoms with E-state index < -0.39 is 5.60 Å². The summed E-state index contributed by atoms with van der Waals surface area (Å²) in [4.78, 5) is 18.4. The fourth-order valence-electron chi connectivity index (χ4n) is 3.27. The second kappa shape index (κ2) is 7.52. The van der Waals surface area contributed by atoms with Crippen molar-refractivity contribution in [1.82, 2.24) is 9.88 Å². The molecule has 5 nitrogen and oxygen atoms in total. The van der Waals surface area contributed by atoms with Crippen LogP contribution >= 0.6 is 15.9 Å². The van der Waals surface area contributed by atoms with Gasteiger partial charge in [0.25, 0.3) is 0 Å². The lowest BCUT2D eigenvalue weighted by molar-refractivity contribution is -0.0601. The number of pyridine rings is 1. The van der Waals surface area contributed by atoms with Crippen molar-refractivity contribution in [2.24, 2.45) is 11.3 Å². The van der Waals surface area contributed by atoms with Gasteiger partial charge in [-0.15, -0.1) is 0 Å². The monoisotopic (exact) mass is 412 g/mol. The zero-order valence-corrected chi connectivity index (χ0v) is 17.6. The number of nitrogens with zero attached hydrogens (tertiary/aromatic N) is 2. The number of aryl methyl sites for hydroxylation is 1. The Morgan fingerprint density at radius 3 is 2.52 bits per heavy atom. The molecule has 1 aromatic rings. The molecule has 0 spiro atoms. The summed E-state index contributed by atoms with van der Waals surface area (Å²) in [6.07, 6.45) is 0.767. The van der Waals surface area contributed by atoms with Crippen LogP contribution in [0.2, 0.25) is 0 Å². The van der Waals surface area contributed by atoms with Gasteiger partial charge < -0.3 is 14.4 Å². The number of hydrogen-bond donors (Lipinski definition) is 0. The molecule has 0 saturated carbocycles. The normalized spacial score (nSPS) is 16.6. The van der Waals surface area contributed by atoms with E-state index in [1.54, 1.807) is 4.90 Å². The summed E-state index contributed by atoms with van der Waals surface area (Å²) in [5.41, 5.74) is 0.367. The third-order valence-electron chi connectivity index (χ3n) is 4.08. The molecule has 1 aromatic heterocycles. The molecule has 0 N–H and O–H groups in total. The van der Waals surface area contributed by atoms with Crippen LogP contribution < -0.4 is 4.74 Å². The Balaban J connectivity index is 1.99. The molecule has 6 heteroatoms. The molecule has 1 fully saturated rings. The number of hydrogen-bond acceptors (Lipinski definition) is 4. The van der Waals surface area contributed by atoms with E-state index in [1.165, 1.54) is 0 Å². The average molecular weight is 413 g/mol. The molecule has 0 aliphatic carbocycles. The number of carbonyl (C=O) groups is 1. The minimum absolute atomic E-state index is 0.0232. The van der Waals surface area contributed by atoms with Crippen molar-refractivity contribution in [1.29, 1.82) is 0 Å². The summed E-state index contributed by atoms with van der Waals surface area (Å²) in [5.74, 6) is 1.33. The van der Waals surface area contributed by atoms with Gasteiger partial charge in [-0.25, -0.2) is 9.78 Å². The maximum atomic E-state index is 12.2. The van der Waals surface area contributed by atoms with Gasteiger partial charge >= 0.3 is 6.09 Å². The van der Waals surface area contributed by atoms with Gasteiger partial charge in [-0.1, -0.05) is 13.8 Å². The van der Waals surface area contributed by atoms with Crippen LogP contribution in [0.3, 0.4) is 0 Å². The van der Waals surface area contributed by atoms with Crippen LogP contribution in [0.25, 0.3) is 0 Å². The largest absolute Gasteiger partial charge is 0.491 e. The van der Waals surface area contributed by atoms with Gasteiger partial charge in [-0.2, -0.15) is 0 Å². The first kappa shape index (κ1) is 20.0. The topological polar surface area (TPSA) is 51.7 Å². The van der Waals surface area contributed by atoms with E-state index in [0.717, 1.165) is 22.5 Å². The molecule has 140 valence electrons. The SMILES string of the molecule is Cc1nc(Br)ccc1OCC1(CC(C)C)CN(C(=O)OC(C)(C)C)C1. The van der Waals surface area contributed by atoms with Crippen molar-refractivity contribution in [3.63, 3.8) is 0 Å². The van der Waals surface area contributed by atoms with E-state index in [2.05, 4.69) is 34.8 Å². The molecule has 1 aliphatic rings. The molecule has 1 aliphatic heterocycles. The molecule has 1 saturated heterocycles. The van der Waals surface area contributed by atoms with Crippen molar-refractivity contribution in [3.8, 4) is 5.75 Å². The maximum Gasteiger partial charge on any atom is 0.410 e. The highest BCUT2D eigenvalue weighted by molar-refractivity contribution is 9.10. The summed E-state index contributed by atoms with van der Waals surface area (Å²) in [5, 5.41) is 0. The fraction of sp³-hybridized carbons (Fsp3) is 0.684. The zero-order chi connectivity index (χ0) is 18.8. The number of halogens is 1. The van der Waals surface area contributed by atoms with Crippen LogP contribution in [-0.4, -0.2) is 41.3 Å². The van der Waals surface area contributed by atoms with Gasteiger partial charge in [0, 0.05) is 18.5 Å². The highest BCUT2D eigenvalue weighted by Crippen LogP contribution is 2.38. The van der Waals surface area contributed by atoms with E-state index in [-0.39, 0.29) is 11.5 Å². The molecule has 2 rings (SSSR count). The smallest absolute Gasteiger partial charge is 0.410 e. The zero-order valence-electron chi connectivity index (χ0n) is 16.1. The van der Waals surface area contributed by atoms with E-state index in [0.29, 0.717) is 25.6 Å². The van der Waals surface area contributed by atoms with Gasteiger partial charge in [0.2, 0.25) is 0 Å². The quantitative estimate of drug-likeness (QED) is 0.650. The standard InChI is InChI=1S/C19H29BrN2O3/c1-13(2)9-19(10-22(11-19)17(23)25-18(4,5)6)12-24-15-7-8-16(20)21-14(15)3/h7-8,13H,9-12H2,1-6H3. The number of amides is 1. The Bertz CT molecular complexity index is 620. The maximum absolute atomic E-state index is 12.2. The third-order valence-corrected chi connectivity index (χ3v) is 4.52. The van der Waals surface area contributed by atoms with E-state index >= 15 is 0 Å². The number of likely N-dealkylation sites (tertiary alicyclic amines) is 1. The molecular weight excluding hydrogens is 384 g/mol. The number of carbonyl (C=O) groups excluding carboxylic acids is 1. The summed E-state index contributed by atoms with van der Waals surface area (Å²) in [6, 6.07) is 3.81. The van der Waals surface area contributed by atoms with Crippen molar-refractivity contribution in [3.05, 3.63) is 22.4 Å². The first-order valence-corrected chi connectivity index (χ1v) is 9.53. The molecule has 25 heavy (non-hydrogen) atoms. The fourth-order valence-corrected chi connectivity index (χ4v) is 3.66. The van der Waals surface area contributed by atoms with Gasteiger partial charge in [0.15, 0.2) is 0 Å². The summed E-state index contributed by atoms with van der Waals surface area (Å²) in [7, 11) is 0. The predicted octanol–water partition coefficient (Wildman–Crippen LogP) is 4.81. The lowest BCUT2D eigenvalue weighted by atomic mass is 9.74. The van der Waals surface area contributed by atoms with E-state index in [9.17, 15) is 4.79 Å². The Labute approximate surface area is 159 Å². The van der Waals surface area contributed by atoms with Crippen LogP contribution in [0.5, 0.6) is 5.75 Å². The van der Waals surface area contributed by atoms with Crippen LogP contribution in [-0.2, 0) is 4.74 Å². The van der Waals surface area contributed by atoms with E-state index in [4.69, 9.17) is 9.47 Å². The Kier molecular flexibility index (Phi) is 6.02. The molecule has 0 unspecified atom stereocenters. The van der Waals surface area contributed by atoms with Crippen LogP contribution in [0.15, 0.2) is 16.7 Å². The molecule has 0 atom stereocenters. The van der Waals surface area contributed by atoms with Crippen molar-refractivity contribution >= 4 is 22.0 Å². The van der Waals surface area contributed by atoms with Gasteiger partial charge in [-0.3, -0.25) is 0 Å². The predicted molar refractivity (Wildman–Crippen MR) is 102 cm³/mol. The lowest BCUT2D eigenvalue weighted by Crippen LogP contribution is -2.62. The number of ether oxygens (including phenoxy) is 2. The highest BCUT2D eigenvalue weighted by Gasteiger charge is 2.47. The second-order valence-electron chi connectivity index (χ2n) is 8.44. The van der Waals surface area contributed by atoms with Crippen LogP contribution in [0.4, 0.5) is 4.79 Å². The second-order valence-corrected chi connectivity index (χ2v) is 9.25. The third kappa shape index (κ3) is 5.59. The van der Waals surface area contributed by atoms with Crippen molar-refractivity contribution in [2.75, 3.05) is 19.7 Å². The van der Waals surface area contributed by atoms with Crippen molar-refractivity contribution in [2.45, 2.75) is 53.6 Å². The molecule has 0 bridgehead atoms. The van der Waals surface area contributed by atoms with Gasteiger partial charge in [0.1, 0.15) is 16.0 Å². The summed E-state index contributed by atoms with van der Waals surface area (Å²) < 4.78 is 12.3. The Hall–Kier alpha value is -1.30. The number of aromatic nitrogens is 1. The van der Waals surface area contributed by atoms with Gasteiger partial charge in [0.05, 0.1) is 12.3 Å². The van der Waals surface area contributed by atoms with E-state index in [1.807, 2.05) is 39.8 Å². The first-order valence-electron chi connectivity index (χ1n) is 8.74.